The number of hydrogen-bond donors (Lipinski definition) is 1. The van der Waals surface area contributed by atoms with Gasteiger partial charge in [0.15, 0.2) is 9.84 Å². The van der Waals surface area contributed by atoms with Crippen LogP contribution in [0, 0.1) is 12.8 Å². The first-order valence-electron chi connectivity index (χ1n) is 6.49. The smallest absolute Gasteiger partial charge is 0.150 e. The van der Waals surface area contributed by atoms with Gasteiger partial charge in [-0.05, 0) is 43.7 Å². The highest BCUT2D eigenvalue weighted by Crippen LogP contribution is 2.32. The van der Waals surface area contributed by atoms with E-state index in [0.717, 1.165) is 12.8 Å². The molecule has 0 aliphatic carbocycles. The number of rotatable bonds is 3. The molecule has 1 fully saturated rings. The molecule has 100 valence electrons. The normalized spacial score (nSPS) is 24.7. The van der Waals surface area contributed by atoms with E-state index in [2.05, 4.69) is 24.3 Å². The summed E-state index contributed by atoms with van der Waals surface area (Å²) in [6, 6.07) is 8.28. The molecule has 0 saturated carbocycles. The maximum atomic E-state index is 11.7. The molecule has 1 aromatic carbocycles. The average molecular weight is 267 g/mol. The largest absolute Gasteiger partial charge is 0.330 e. The summed E-state index contributed by atoms with van der Waals surface area (Å²) in [5, 5.41) is 0. The number of hydrogen-bond acceptors (Lipinski definition) is 3. The molecule has 0 aromatic heterocycles. The maximum Gasteiger partial charge on any atom is 0.150 e. The molecule has 1 aliphatic heterocycles. The lowest BCUT2D eigenvalue weighted by molar-refractivity contribution is 0.413. The molecule has 2 unspecified atom stereocenters. The van der Waals surface area contributed by atoms with E-state index in [9.17, 15) is 8.42 Å². The van der Waals surface area contributed by atoms with E-state index in [1.807, 2.05) is 6.92 Å². The van der Waals surface area contributed by atoms with E-state index in [-0.39, 0.29) is 11.8 Å². The molecule has 0 amide bonds. The molecule has 1 aromatic rings. The number of nitrogens with two attached hydrogens (primary N) is 1. The van der Waals surface area contributed by atoms with Crippen molar-refractivity contribution in [2.45, 2.75) is 25.7 Å². The summed E-state index contributed by atoms with van der Waals surface area (Å²) in [5.41, 5.74) is 8.25. The Balaban J connectivity index is 2.20. The zero-order valence-corrected chi connectivity index (χ0v) is 11.6. The van der Waals surface area contributed by atoms with Crippen LogP contribution < -0.4 is 5.73 Å². The summed E-state index contributed by atoms with van der Waals surface area (Å²) in [6.45, 7) is 2.57. The van der Waals surface area contributed by atoms with Crippen molar-refractivity contribution in [1.29, 1.82) is 0 Å². The SMILES string of the molecule is Cc1ccc(C(CN)C2CCCS(=O)(=O)C2)cc1. The quantitative estimate of drug-likeness (QED) is 0.909. The van der Waals surface area contributed by atoms with Crippen LogP contribution in [-0.4, -0.2) is 26.5 Å². The fraction of sp³-hybridized carbons (Fsp3) is 0.571. The molecule has 1 heterocycles. The standard InChI is InChI=1S/C14H21NO2S/c1-11-4-6-12(7-5-11)14(9-15)13-3-2-8-18(16,17)10-13/h4-7,13-14H,2-3,8-10,15H2,1H3. The van der Waals surface area contributed by atoms with Gasteiger partial charge in [0.05, 0.1) is 11.5 Å². The Hall–Kier alpha value is -0.870. The molecule has 2 N–H and O–H groups in total. The van der Waals surface area contributed by atoms with Gasteiger partial charge in [-0.15, -0.1) is 0 Å². The van der Waals surface area contributed by atoms with E-state index in [0.29, 0.717) is 18.1 Å². The summed E-state index contributed by atoms with van der Waals surface area (Å²) in [7, 11) is -2.86. The Morgan fingerprint density at radius 3 is 2.56 bits per heavy atom. The average Bonchev–Trinajstić information content (AvgIpc) is 2.31. The molecule has 0 radical (unpaired) electrons. The van der Waals surface area contributed by atoms with E-state index in [4.69, 9.17) is 5.73 Å². The Morgan fingerprint density at radius 1 is 1.33 bits per heavy atom. The summed E-state index contributed by atoms with van der Waals surface area (Å²) in [4.78, 5) is 0. The highest BCUT2D eigenvalue weighted by molar-refractivity contribution is 7.91. The Labute approximate surface area is 109 Å². The molecule has 2 rings (SSSR count). The second-order valence-electron chi connectivity index (χ2n) is 5.27. The minimum atomic E-state index is -2.86. The molecule has 4 heteroatoms. The van der Waals surface area contributed by atoms with E-state index >= 15 is 0 Å². The lowest BCUT2D eigenvalue weighted by Gasteiger charge is -2.29. The summed E-state index contributed by atoms with van der Waals surface area (Å²) < 4.78 is 23.5. The second kappa shape index (κ2) is 5.41. The molecule has 0 spiro atoms. The van der Waals surface area contributed by atoms with Gasteiger partial charge in [-0.3, -0.25) is 0 Å². The Kier molecular flexibility index (Phi) is 4.07. The van der Waals surface area contributed by atoms with Crippen LogP contribution >= 0.6 is 0 Å². The van der Waals surface area contributed by atoms with Crippen molar-refractivity contribution in [2.24, 2.45) is 11.7 Å². The van der Waals surface area contributed by atoms with Gasteiger partial charge in [-0.25, -0.2) is 8.42 Å². The van der Waals surface area contributed by atoms with Gasteiger partial charge >= 0.3 is 0 Å². The van der Waals surface area contributed by atoms with Gasteiger partial charge < -0.3 is 5.73 Å². The third-order valence-corrected chi connectivity index (χ3v) is 5.67. The lowest BCUT2D eigenvalue weighted by Crippen LogP contribution is -2.32. The number of aryl methyl sites for hydroxylation is 1. The highest BCUT2D eigenvalue weighted by Gasteiger charge is 2.30. The first kappa shape index (κ1) is 13.6. The van der Waals surface area contributed by atoms with Crippen molar-refractivity contribution in [3.8, 4) is 0 Å². The van der Waals surface area contributed by atoms with E-state index < -0.39 is 9.84 Å². The van der Waals surface area contributed by atoms with Crippen LogP contribution in [0.25, 0.3) is 0 Å². The third-order valence-electron chi connectivity index (χ3n) is 3.83. The number of benzene rings is 1. The van der Waals surface area contributed by atoms with Crippen molar-refractivity contribution >= 4 is 9.84 Å². The van der Waals surface area contributed by atoms with Crippen LogP contribution in [0.5, 0.6) is 0 Å². The highest BCUT2D eigenvalue weighted by atomic mass is 32.2. The summed E-state index contributed by atoms with van der Waals surface area (Å²) >= 11 is 0. The topological polar surface area (TPSA) is 60.2 Å². The van der Waals surface area contributed by atoms with Gasteiger partial charge in [0.25, 0.3) is 0 Å². The summed E-state index contributed by atoms with van der Waals surface area (Å²) in [5.74, 6) is 0.981. The predicted octanol–water partition coefficient (Wildman–Crippen LogP) is 1.86. The zero-order valence-electron chi connectivity index (χ0n) is 10.8. The van der Waals surface area contributed by atoms with Crippen LogP contribution in [-0.2, 0) is 9.84 Å². The van der Waals surface area contributed by atoms with Crippen molar-refractivity contribution in [3.63, 3.8) is 0 Å². The van der Waals surface area contributed by atoms with Crippen molar-refractivity contribution in [3.05, 3.63) is 35.4 Å². The van der Waals surface area contributed by atoms with Crippen LogP contribution in [0.3, 0.4) is 0 Å². The molecule has 3 nitrogen and oxygen atoms in total. The lowest BCUT2D eigenvalue weighted by atomic mass is 9.84. The Morgan fingerprint density at radius 2 is 2.00 bits per heavy atom. The molecular weight excluding hydrogens is 246 g/mol. The zero-order chi connectivity index (χ0) is 13.2. The van der Waals surface area contributed by atoms with Crippen molar-refractivity contribution in [1.82, 2.24) is 0 Å². The molecule has 18 heavy (non-hydrogen) atoms. The van der Waals surface area contributed by atoms with Gasteiger partial charge in [-0.1, -0.05) is 29.8 Å². The predicted molar refractivity (Wildman–Crippen MR) is 74.4 cm³/mol. The second-order valence-corrected chi connectivity index (χ2v) is 7.50. The minimum absolute atomic E-state index is 0.167. The van der Waals surface area contributed by atoms with Gasteiger partial charge in [0.2, 0.25) is 0 Å². The van der Waals surface area contributed by atoms with Gasteiger partial charge in [0, 0.05) is 0 Å². The van der Waals surface area contributed by atoms with E-state index in [1.54, 1.807) is 0 Å². The van der Waals surface area contributed by atoms with Crippen molar-refractivity contribution < 1.29 is 8.42 Å². The molecule has 1 saturated heterocycles. The molecule has 2 atom stereocenters. The van der Waals surface area contributed by atoms with E-state index in [1.165, 1.54) is 11.1 Å². The maximum absolute atomic E-state index is 11.7. The first-order chi connectivity index (χ1) is 8.52. The number of sulfone groups is 1. The molecule has 1 aliphatic rings. The van der Waals surface area contributed by atoms with Gasteiger partial charge in [0.1, 0.15) is 0 Å². The van der Waals surface area contributed by atoms with Crippen LogP contribution in [0.15, 0.2) is 24.3 Å². The summed E-state index contributed by atoms with van der Waals surface area (Å²) in [6.07, 6.45) is 1.74. The van der Waals surface area contributed by atoms with Crippen LogP contribution in [0.4, 0.5) is 0 Å². The molecule has 0 bridgehead atoms. The fourth-order valence-corrected chi connectivity index (χ4v) is 4.61. The third kappa shape index (κ3) is 3.12. The fourth-order valence-electron chi connectivity index (χ4n) is 2.79. The minimum Gasteiger partial charge on any atom is -0.330 e. The van der Waals surface area contributed by atoms with Crippen LogP contribution in [0.2, 0.25) is 0 Å². The monoisotopic (exact) mass is 267 g/mol. The molecular formula is C14H21NO2S. The van der Waals surface area contributed by atoms with Crippen molar-refractivity contribution in [2.75, 3.05) is 18.1 Å². The van der Waals surface area contributed by atoms with Gasteiger partial charge in [-0.2, -0.15) is 0 Å². The Bertz CT molecular complexity index is 493. The van der Waals surface area contributed by atoms with Crippen LogP contribution in [0.1, 0.15) is 29.9 Å². The first-order valence-corrected chi connectivity index (χ1v) is 8.31.